The molecule has 2 heterocycles. The summed E-state index contributed by atoms with van der Waals surface area (Å²) in [7, 11) is 1.81. The van der Waals surface area contributed by atoms with E-state index in [1.54, 1.807) is 4.90 Å². The summed E-state index contributed by atoms with van der Waals surface area (Å²) in [5.41, 5.74) is 1.98. The van der Waals surface area contributed by atoms with Crippen molar-refractivity contribution < 1.29 is 13.9 Å². The smallest absolute Gasteiger partial charge is 0.247 e. The van der Waals surface area contributed by atoms with Gasteiger partial charge in [0, 0.05) is 32.0 Å². The third-order valence-electron chi connectivity index (χ3n) is 5.25. The number of nitrogens with zero attached hydrogens (tertiary/aromatic N) is 4. The van der Waals surface area contributed by atoms with Gasteiger partial charge < -0.3 is 19.0 Å². The molecule has 7 nitrogen and oxygen atoms in total. The minimum Gasteiger partial charge on any atom is -0.485 e. The van der Waals surface area contributed by atoms with Crippen molar-refractivity contribution in [2.75, 3.05) is 31.6 Å². The summed E-state index contributed by atoms with van der Waals surface area (Å²) in [6.45, 7) is 4.32. The van der Waals surface area contributed by atoms with Crippen molar-refractivity contribution in [3.63, 3.8) is 0 Å². The first kappa shape index (κ1) is 19.9. The quantitative estimate of drug-likeness (QED) is 0.599. The molecule has 1 aliphatic rings. The summed E-state index contributed by atoms with van der Waals surface area (Å²) in [5, 5.41) is 8.14. The van der Waals surface area contributed by atoms with Gasteiger partial charge in [-0.15, -0.1) is 10.2 Å². The number of rotatable bonds is 7. The second-order valence-electron chi connectivity index (χ2n) is 7.39. The molecule has 4 rings (SSSR count). The molecule has 156 valence electrons. The summed E-state index contributed by atoms with van der Waals surface area (Å²) in [5.74, 6) is 1.84. The fraction of sp³-hybridized carbons (Fsp3) is 0.348. The molecule has 1 aliphatic heterocycles. The second-order valence-corrected chi connectivity index (χ2v) is 7.39. The number of aryl methyl sites for hydroxylation is 1. The summed E-state index contributed by atoms with van der Waals surface area (Å²) in [4.78, 5) is 16.6. The van der Waals surface area contributed by atoms with Crippen molar-refractivity contribution in [2.24, 2.45) is 0 Å². The Morgan fingerprint density at radius 2 is 1.90 bits per heavy atom. The van der Waals surface area contributed by atoms with Gasteiger partial charge in [-0.25, -0.2) is 0 Å². The summed E-state index contributed by atoms with van der Waals surface area (Å²) in [6, 6.07) is 17.6. The average molecular weight is 406 g/mol. The van der Waals surface area contributed by atoms with Gasteiger partial charge in [0.15, 0.2) is 0 Å². The highest BCUT2D eigenvalue weighted by Crippen LogP contribution is 2.32. The van der Waals surface area contributed by atoms with Crippen LogP contribution < -0.4 is 9.64 Å². The molecule has 0 N–H and O–H groups in total. The summed E-state index contributed by atoms with van der Waals surface area (Å²) >= 11 is 0. The van der Waals surface area contributed by atoms with E-state index in [9.17, 15) is 4.79 Å². The minimum atomic E-state index is -0.0677. The summed E-state index contributed by atoms with van der Waals surface area (Å²) in [6.07, 6.45) is 0.661. The maximum absolute atomic E-state index is 12.6. The van der Waals surface area contributed by atoms with Crippen LogP contribution in [0.4, 0.5) is 5.69 Å². The third-order valence-corrected chi connectivity index (χ3v) is 5.25. The molecule has 0 saturated carbocycles. The number of hydrogen-bond donors (Lipinski definition) is 0. The zero-order valence-electron chi connectivity index (χ0n) is 17.3. The van der Waals surface area contributed by atoms with E-state index in [0.717, 1.165) is 30.1 Å². The van der Waals surface area contributed by atoms with Crippen LogP contribution >= 0.6 is 0 Å². The number of aromatic nitrogens is 2. The highest BCUT2D eigenvalue weighted by molar-refractivity contribution is 5.76. The number of likely N-dealkylation sites (N-methyl/N-ethyl adjacent to an activating group) is 2. The molecule has 1 unspecified atom stereocenters. The Morgan fingerprint density at radius 1 is 1.13 bits per heavy atom. The number of amides is 1. The Kier molecular flexibility index (Phi) is 5.97. The van der Waals surface area contributed by atoms with Crippen LogP contribution in [0.15, 0.2) is 59.0 Å². The van der Waals surface area contributed by atoms with Crippen molar-refractivity contribution in [3.8, 4) is 17.2 Å². The topological polar surface area (TPSA) is 71.7 Å². The predicted octanol–water partition coefficient (Wildman–Crippen LogP) is 3.42. The van der Waals surface area contributed by atoms with E-state index in [-0.39, 0.29) is 12.0 Å². The molecule has 7 heteroatoms. The number of carbonyl (C=O) groups is 1. The second kappa shape index (κ2) is 8.98. The van der Waals surface area contributed by atoms with Crippen LogP contribution in [0.1, 0.15) is 19.2 Å². The molecule has 1 atom stereocenters. The lowest BCUT2D eigenvalue weighted by atomic mass is 10.1. The number of ether oxygens (including phenoxy) is 1. The molecule has 0 saturated heterocycles. The van der Waals surface area contributed by atoms with Crippen molar-refractivity contribution in [3.05, 3.63) is 60.5 Å². The number of carbonyl (C=O) groups excluding carboxylic acids is 1. The van der Waals surface area contributed by atoms with Gasteiger partial charge in [0.2, 0.25) is 17.7 Å². The Labute approximate surface area is 176 Å². The van der Waals surface area contributed by atoms with Crippen molar-refractivity contribution in [1.82, 2.24) is 15.1 Å². The van der Waals surface area contributed by atoms with Crippen molar-refractivity contribution >= 4 is 11.6 Å². The third kappa shape index (κ3) is 4.45. The molecule has 1 aromatic heterocycles. The largest absolute Gasteiger partial charge is 0.485 e. The maximum Gasteiger partial charge on any atom is 0.247 e. The average Bonchev–Trinajstić information content (AvgIpc) is 3.26. The molecule has 0 bridgehead atoms. The first-order valence-corrected chi connectivity index (χ1v) is 10.3. The Balaban J connectivity index is 1.31. The van der Waals surface area contributed by atoms with Gasteiger partial charge in [0.1, 0.15) is 11.9 Å². The number of benzene rings is 2. The predicted molar refractivity (Wildman–Crippen MR) is 114 cm³/mol. The molecular formula is C23H26N4O3. The maximum atomic E-state index is 12.6. The van der Waals surface area contributed by atoms with Crippen LogP contribution in [0.2, 0.25) is 0 Å². The van der Waals surface area contributed by atoms with Crippen LogP contribution in [0.25, 0.3) is 11.5 Å². The van der Waals surface area contributed by atoms with E-state index in [4.69, 9.17) is 9.15 Å². The van der Waals surface area contributed by atoms with E-state index >= 15 is 0 Å². The van der Waals surface area contributed by atoms with Gasteiger partial charge in [-0.05, 0) is 31.2 Å². The SMILES string of the molecule is CCN1CC(CN(C)C(=O)CCc2nnc(-c3ccccc3)o2)Oc2ccccc21. The zero-order valence-corrected chi connectivity index (χ0v) is 17.3. The van der Waals surface area contributed by atoms with Gasteiger partial charge in [-0.1, -0.05) is 30.3 Å². The zero-order chi connectivity index (χ0) is 20.9. The minimum absolute atomic E-state index is 0.0277. The van der Waals surface area contributed by atoms with Gasteiger partial charge in [0.05, 0.1) is 18.8 Å². The molecule has 2 aromatic carbocycles. The van der Waals surface area contributed by atoms with Gasteiger partial charge in [-0.3, -0.25) is 4.79 Å². The number of para-hydroxylation sites is 2. The molecule has 1 amide bonds. The lowest BCUT2D eigenvalue weighted by Crippen LogP contribution is -2.46. The van der Waals surface area contributed by atoms with Crippen LogP contribution in [-0.4, -0.2) is 53.8 Å². The highest BCUT2D eigenvalue weighted by atomic mass is 16.5. The van der Waals surface area contributed by atoms with Crippen molar-refractivity contribution in [2.45, 2.75) is 25.9 Å². The van der Waals surface area contributed by atoms with E-state index in [2.05, 4.69) is 28.1 Å². The molecule has 0 spiro atoms. The Hall–Kier alpha value is -3.35. The van der Waals surface area contributed by atoms with Crippen LogP contribution in [0.3, 0.4) is 0 Å². The molecule has 0 radical (unpaired) electrons. The van der Waals surface area contributed by atoms with Gasteiger partial charge in [-0.2, -0.15) is 0 Å². The number of fused-ring (bicyclic) bond motifs is 1. The first-order valence-electron chi connectivity index (χ1n) is 10.3. The first-order chi connectivity index (χ1) is 14.6. The van der Waals surface area contributed by atoms with E-state index in [0.29, 0.717) is 31.2 Å². The van der Waals surface area contributed by atoms with Crippen LogP contribution in [-0.2, 0) is 11.2 Å². The standard InChI is InChI=1S/C23H26N4O3/c1-3-27-16-18(29-20-12-8-7-11-19(20)27)15-26(2)22(28)14-13-21-24-25-23(30-21)17-9-5-4-6-10-17/h4-12,18H,3,13-16H2,1-2H3. The van der Waals surface area contributed by atoms with E-state index < -0.39 is 0 Å². The molecule has 0 fully saturated rings. The molecular weight excluding hydrogens is 380 g/mol. The Bertz CT molecular complexity index is 989. The Morgan fingerprint density at radius 3 is 2.70 bits per heavy atom. The monoisotopic (exact) mass is 406 g/mol. The molecule has 30 heavy (non-hydrogen) atoms. The lowest BCUT2D eigenvalue weighted by Gasteiger charge is -2.37. The van der Waals surface area contributed by atoms with Crippen LogP contribution in [0.5, 0.6) is 5.75 Å². The molecule has 3 aromatic rings. The number of hydrogen-bond acceptors (Lipinski definition) is 6. The number of anilines is 1. The lowest BCUT2D eigenvalue weighted by molar-refractivity contribution is -0.131. The fourth-order valence-electron chi connectivity index (χ4n) is 3.64. The van der Waals surface area contributed by atoms with Crippen LogP contribution in [0, 0.1) is 0 Å². The van der Waals surface area contributed by atoms with E-state index in [1.165, 1.54) is 0 Å². The molecule has 0 aliphatic carbocycles. The summed E-state index contributed by atoms with van der Waals surface area (Å²) < 4.78 is 11.8. The fourth-order valence-corrected chi connectivity index (χ4v) is 3.64. The highest BCUT2D eigenvalue weighted by Gasteiger charge is 2.26. The van der Waals surface area contributed by atoms with Crippen molar-refractivity contribution in [1.29, 1.82) is 0 Å². The van der Waals surface area contributed by atoms with E-state index in [1.807, 2.05) is 55.6 Å². The van der Waals surface area contributed by atoms with Gasteiger partial charge in [0.25, 0.3) is 0 Å². The normalized spacial score (nSPS) is 15.4. The van der Waals surface area contributed by atoms with Gasteiger partial charge >= 0.3 is 0 Å².